The summed E-state index contributed by atoms with van der Waals surface area (Å²) in [5.41, 5.74) is 2.07. The molecule has 0 saturated carbocycles. The molecule has 0 fully saturated rings. The third-order valence-electron chi connectivity index (χ3n) is 3.57. The predicted molar refractivity (Wildman–Crippen MR) is 75.9 cm³/mol. The third-order valence-corrected chi connectivity index (χ3v) is 3.80. The Kier molecular flexibility index (Phi) is 4.23. The van der Waals surface area contributed by atoms with Crippen molar-refractivity contribution in [1.82, 2.24) is 14.5 Å². The maximum Gasteiger partial charge on any atom is 0.125 e. The maximum atomic E-state index is 6.01. The van der Waals surface area contributed by atoms with Gasteiger partial charge in [0.05, 0.1) is 17.6 Å². The lowest BCUT2D eigenvalue weighted by Crippen LogP contribution is -2.11. The van der Waals surface area contributed by atoms with E-state index in [1.807, 2.05) is 12.3 Å². The summed E-state index contributed by atoms with van der Waals surface area (Å²) >= 11 is 6.01. The molecule has 0 aliphatic rings. The number of hydrogen-bond donors (Lipinski definition) is 0. The summed E-state index contributed by atoms with van der Waals surface area (Å²) in [5, 5.41) is 0. The van der Waals surface area contributed by atoms with Gasteiger partial charge in [0.25, 0.3) is 0 Å². The highest BCUT2D eigenvalue weighted by Crippen LogP contribution is 2.26. The van der Waals surface area contributed by atoms with Crippen LogP contribution in [0.2, 0.25) is 0 Å². The molecule has 4 heteroatoms. The molecule has 2 unspecified atom stereocenters. The van der Waals surface area contributed by atoms with Gasteiger partial charge < -0.3 is 4.57 Å². The Morgan fingerprint density at radius 2 is 2.17 bits per heavy atom. The molecule has 0 aliphatic carbocycles. The van der Waals surface area contributed by atoms with Gasteiger partial charge in [-0.2, -0.15) is 0 Å². The van der Waals surface area contributed by atoms with Crippen LogP contribution in [0, 0.1) is 5.92 Å². The van der Waals surface area contributed by atoms with E-state index in [0.717, 1.165) is 23.3 Å². The number of fused-ring (bicyclic) bond motifs is 1. The van der Waals surface area contributed by atoms with Crippen LogP contribution in [0.1, 0.15) is 45.5 Å². The van der Waals surface area contributed by atoms with Crippen molar-refractivity contribution in [1.29, 1.82) is 0 Å². The Hall–Kier alpha value is -1.09. The summed E-state index contributed by atoms with van der Waals surface area (Å²) in [5.74, 6) is 2.09. The molecule has 0 bridgehead atoms. The minimum Gasteiger partial charge on any atom is -0.324 e. The van der Waals surface area contributed by atoms with Gasteiger partial charge in [-0.25, -0.2) is 4.98 Å². The molecule has 0 radical (unpaired) electrons. The van der Waals surface area contributed by atoms with Gasteiger partial charge in [-0.1, -0.05) is 20.3 Å². The summed E-state index contributed by atoms with van der Waals surface area (Å²) in [6.07, 6.45) is 5.97. The molecule has 0 spiro atoms. The van der Waals surface area contributed by atoms with Crippen LogP contribution in [-0.2, 0) is 5.88 Å². The van der Waals surface area contributed by atoms with Gasteiger partial charge >= 0.3 is 0 Å². The van der Waals surface area contributed by atoms with E-state index < -0.39 is 0 Å². The number of aromatic nitrogens is 3. The van der Waals surface area contributed by atoms with Gasteiger partial charge in [-0.3, -0.25) is 4.98 Å². The van der Waals surface area contributed by atoms with Crippen molar-refractivity contribution < 1.29 is 0 Å². The van der Waals surface area contributed by atoms with Crippen LogP contribution < -0.4 is 0 Å². The van der Waals surface area contributed by atoms with Gasteiger partial charge in [0.2, 0.25) is 0 Å². The van der Waals surface area contributed by atoms with Crippen molar-refractivity contribution in [2.24, 2.45) is 5.92 Å². The van der Waals surface area contributed by atoms with Crippen LogP contribution in [0.5, 0.6) is 0 Å². The van der Waals surface area contributed by atoms with Gasteiger partial charge in [-0.15, -0.1) is 11.6 Å². The maximum absolute atomic E-state index is 6.01. The fourth-order valence-corrected chi connectivity index (χ4v) is 2.63. The molecule has 2 rings (SSSR count). The molecule has 0 aliphatic heterocycles. The SMILES string of the molecule is CCC(C)CC(C)n1c(CCl)nc2cnccc21. The van der Waals surface area contributed by atoms with Crippen molar-refractivity contribution in [3.05, 3.63) is 24.3 Å². The number of alkyl halides is 1. The second kappa shape index (κ2) is 5.70. The molecule has 3 nitrogen and oxygen atoms in total. The predicted octanol–water partition coefficient (Wildman–Crippen LogP) is 4.17. The minimum atomic E-state index is 0.418. The molecule has 2 aromatic rings. The molecule has 98 valence electrons. The lowest BCUT2D eigenvalue weighted by molar-refractivity contribution is 0.399. The van der Waals surface area contributed by atoms with Gasteiger partial charge in [0, 0.05) is 12.2 Å². The van der Waals surface area contributed by atoms with Crippen molar-refractivity contribution in [2.45, 2.75) is 45.5 Å². The highest BCUT2D eigenvalue weighted by Gasteiger charge is 2.16. The molecule has 0 aromatic carbocycles. The summed E-state index contributed by atoms with van der Waals surface area (Å²) in [7, 11) is 0. The first kappa shape index (κ1) is 13.3. The van der Waals surface area contributed by atoms with Crippen LogP contribution in [0.4, 0.5) is 0 Å². The smallest absolute Gasteiger partial charge is 0.125 e. The van der Waals surface area contributed by atoms with Crippen LogP contribution >= 0.6 is 11.6 Å². The second-order valence-corrected chi connectivity index (χ2v) is 5.26. The van der Waals surface area contributed by atoms with E-state index in [-0.39, 0.29) is 0 Å². The molecular formula is C14H20ClN3. The summed E-state index contributed by atoms with van der Waals surface area (Å²) in [6, 6.07) is 2.44. The van der Waals surface area contributed by atoms with Crippen LogP contribution in [-0.4, -0.2) is 14.5 Å². The Morgan fingerprint density at radius 1 is 1.39 bits per heavy atom. The Morgan fingerprint density at radius 3 is 2.83 bits per heavy atom. The number of hydrogen-bond acceptors (Lipinski definition) is 2. The summed E-state index contributed by atoms with van der Waals surface area (Å²) < 4.78 is 2.26. The minimum absolute atomic E-state index is 0.418. The van der Waals surface area contributed by atoms with E-state index in [0.29, 0.717) is 17.8 Å². The monoisotopic (exact) mass is 265 g/mol. The lowest BCUT2D eigenvalue weighted by atomic mass is 10.00. The molecule has 0 amide bonds. The van der Waals surface area contributed by atoms with Crippen molar-refractivity contribution in [3.63, 3.8) is 0 Å². The number of imidazole rings is 1. The molecule has 18 heavy (non-hydrogen) atoms. The van der Waals surface area contributed by atoms with E-state index in [1.165, 1.54) is 6.42 Å². The molecule has 2 aromatic heterocycles. The van der Waals surface area contributed by atoms with Gasteiger partial charge in [0.1, 0.15) is 11.3 Å². The first-order chi connectivity index (χ1) is 8.67. The Bertz CT molecular complexity index is 521. The number of halogens is 1. The van der Waals surface area contributed by atoms with E-state index in [4.69, 9.17) is 11.6 Å². The largest absolute Gasteiger partial charge is 0.324 e. The van der Waals surface area contributed by atoms with E-state index in [2.05, 4.69) is 35.3 Å². The first-order valence-electron chi connectivity index (χ1n) is 6.54. The average Bonchev–Trinajstić information content (AvgIpc) is 2.76. The van der Waals surface area contributed by atoms with Crippen LogP contribution in [0.15, 0.2) is 18.5 Å². The molecular weight excluding hydrogens is 246 g/mol. The highest BCUT2D eigenvalue weighted by atomic mass is 35.5. The fourth-order valence-electron chi connectivity index (χ4n) is 2.44. The summed E-state index contributed by atoms with van der Waals surface area (Å²) in [4.78, 5) is 8.67. The fraction of sp³-hybridized carbons (Fsp3) is 0.571. The van der Waals surface area contributed by atoms with E-state index in [1.54, 1.807) is 6.20 Å². The zero-order chi connectivity index (χ0) is 13.1. The van der Waals surface area contributed by atoms with Crippen molar-refractivity contribution >= 4 is 22.6 Å². The van der Waals surface area contributed by atoms with Gasteiger partial charge in [0.15, 0.2) is 0 Å². The van der Waals surface area contributed by atoms with E-state index in [9.17, 15) is 0 Å². The first-order valence-corrected chi connectivity index (χ1v) is 7.07. The zero-order valence-corrected chi connectivity index (χ0v) is 12.0. The van der Waals surface area contributed by atoms with Crippen molar-refractivity contribution in [2.75, 3.05) is 0 Å². The molecule has 0 N–H and O–H groups in total. The Balaban J connectivity index is 2.41. The Labute approximate surface area is 113 Å². The lowest BCUT2D eigenvalue weighted by Gasteiger charge is -2.20. The standard InChI is InChI=1S/C14H20ClN3/c1-4-10(2)7-11(3)18-13-5-6-16-9-12(13)17-14(18)8-15/h5-6,9-11H,4,7-8H2,1-3H3. The van der Waals surface area contributed by atoms with Crippen LogP contribution in [0.3, 0.4) is 0 Å². The van der Waals surface area contributed by atoms with E-state index >= 15 is 0 Å². The number of nitrogens with zero attached hydrogens (tertiary/aromatic N) is 3. The summed E-state index contributed by atoms with van der Waals surface area (Å²) in [6.45, 7) is 6.76. The molecule has 2 heterocycles. The topological polar surface area (TPSA) is 30.7 Å². The third kappa shape index (κ3) is 2.51. The quantitative estimate of drug-likeness (QED) is 0.760. The second-order valence-electron chi connectivity index (χ2n) is 4.99. The normalized spacial score (nSPS) is 14.9. The highest BCUT2D eigenvalue weighted by molar-refractivity contribution is 6.16. The molecule has 0 saturated heterocycles. The van der Waals surface area contributed by atoms with Crippen LogP contribution in [0.25, 0.3) is 11.0 Å². The average molecular weight is 266 g/mol. The number of pyridine rings is 1. The molecule has 2 atom stereocenters. The zero-order valence-electron chi connectivity index (χ0n) is 11.2. The number of rotatable bonds is 5. The van der Waals surface area contributed by atoms with Gasteiger partial charge in [-0.05, 0) is 25.3 Å². The van der Waals surface area contributed by atoms with Crippen molar-refractivity contribution in [3.8, 4) is 0 Å².